The Hall–Kier alpha value is -2.40. The molecule has 2 aromatic rings. The first-order valence-electron chi connectivity index (χ1n) is 9.74. The van der Waals surface area contributed by atoms with E-state index in [0.29, 0.717) is 11.8 Å². The molecule has 7 nitrogen and oxygen atoms in total. The summed E-state index contributed by atoms with van der Waals surface area (Å²) in [7, 11) is -4.09. The molecule has 31 heavy (non-hydrogen) atoms. The van der Waals surface area contributed by atoms with E-state index in [1.165, 1.54) is 0 Å². The normalized spacial score (nSPS) is 17.0. The maximum absolute atomic E-state index is 12.9. The Bertz CT molecular complexity index is 1050. The van der Waals surface area contributed by atoms with Crippen LogP contribution in [-0.2, 0) is 26.4 Å². The summed E-state index contributed by atoms with van der Waals surface area (Å²) in [6.07, 6.45) is -4.15. The average Bonchev–Trinajstić information content (AvgIpc) is 3.16. The van der Waals surface area contributed by atoms with Gasteiger partial charge in [0.2, 0.25) is 15.9 Å². The highest BCUT2D eigenvalue weighted by Gasteiger charge is 2.35. The summed E-state index contributed by atoms with van der Waals surface area (Å²) < 4.78 is 70.6. The third-order valence-electron chi connectivity index (χ3n) is 5.12. The van der Waals surface area contributed by atoms with Gasteiger partial charge in [0.1, 0.15) is 5.76 Å². The van der Waals surface area contributed by atoms with Crippen LogP contribution in [0.3, 0.4) is 0 Å². The van der Waals surface area contributed by atoms with Gasteiger partial charge in [-0.2, -0.15) is 17.5 Å². The quantitative estimate of drug-likeness (QED) is 0.745. The second-order valence-electron chi connectivity index (χ2n) is 8.52. The molecule has 0 saturated carbocycles. The van der Waals surface area contributed by atoms with E-state index in [9.17, 15) is 26.4 Å². The number of anilines is 1. The summed E-state index contributed by atoms with van der Waals surface area (Å²) in [4.78, 5) is 12.1. The van der Waals surface area contributed by atoms with E-state index in [4.69, 9.17) is 4.52 Å². The topological polar surface area (TPSA) is 92.5 Å². The van der Waals surface area contributed by atoms with Crippen LogP contribution in [0.25, 0.3) is 0 Å². The number of hydrogen-bond acceptors (Lipinski definition) is 5. The lowest BCUT2D eigenvalue weighted by molar-refractivity contribution is -0.137. The molecule has 2 heterocycles. The van der Waals surface area contributed by atoms with E-state index < -0.39 is 32.6 Å². The monoisotopic (exact) mass is 459 g/mol. The zero-order valence-corrected chi connectivity index (χ0v) is 18.2. The summed E-state index contributed by atoms with van der Waals surface area (Å²) in [5.74, 6) is 0.159. The van der Waals surface area contributed by atoms with Crippen LogP contribution in [0.1, 0.15) is 44.9 Å². The molecule has 0 atom stereocenters. The Kier molecular flexibility index (Phi) is 6.21. The number of nitrogens with one attached hydrogen (secondary N) is 1. The molecule has 1 aromatic heterocycles. The molecule has 170 valence electrons. The van der Waals surface area contributed by atoms with Crippen molar-refractivity contribution in [2.24, 2.45) is 5.92 Å². The van der Waals surface area contributed by atoms with E-state index in [1.807, 2.05) is 20.8 Å². The van der Waals surface area contributed by atoms with Crippen molar-refractivity contribution in [2.45, 2.75) is 50.1 Å². The highest BCUT2D eigenvalue weighted by Crippen LogP contribution is 2.32. The minimum atomic E-state index is -4.63. The number of hydrogen-bond donors (Lipinski definition) is 1. The molecule has 0 radical (unpaired) electrons. The van der Waals surface area contributed by atoms with Gasteiger partial charge in [0.15, 0.2) is 5.82 Å². The van der Waals surface area contributed by atoms with E-state index in [1.54, 1.807) is 6.07 Å². The van der Waals surface area contributed by atoms with Crippen molar-refractivity contribution in [1.29, 1.82) is 0 Å². The SMILES string of the molecule is CC(C)(C)c1cc(NC(=O)C2CCN(S(=O)(=O)c3cccc(C(F)(F)F)c3)CC2)no1. The highest BCUT2D eigenvalue weighted by molar-refractivity contribution is 7.89. The van der Waals surface area contributed by atoms with Gasteiger partial charge in [-0.3, -0.25) is 4.79 Å². The maximum Gasteiger partial charge on any atom is 0.416 e. The van der Waals surface area contributed by atoms with E-state index in [2.05, 4.69) is 10.5 Å². The molecule has 0 unspecified atom stereocenters. The van der Waals surface area contributed by atoms with Crippen molar-refractivity contribution >= 4 is 21.7 Å². The van der Waals surface area contributed by atoms with Gasteiger partial charge in [-0.25, -0.2) is 8.42 Å². The molecule has 1 N–H and O–H groups in total. The van der Waals surface area contributed by atoms with Crippen molar-refractivity contribution in [3.63, 3.8) is 0 Å². The zero-order valence-electron chi connectivity index (χ0n) is 17.4. The molecule has 0 spiro atoms. The smallest absolute Gasteiger partial charge is 0.359 e. The van der Waals surface area contributed by atoms with Crippen LogP contribution in [0, 0.1) is 5.92 Å². The van der Waals surface area contributed by atoms with Crippen molar-refractivity contribution in [2.75, 3.05) is 18.4 Å². The van der Waals surface area contributed by atoms with Gasteiger partial charge in [0, 0.05) is 30.5 Å². The minimum Gasteiger partial charge on any atom is -0.359 e. The highest BCUT2D eigenvalue weighted by atomic mass is 32.2. The summed E-state index contributed by atoms with van der Waals surface area (Å²) in [6.45, 7) is 5.89. The van der Waals surface area contributed by atoms with Gasteiger partial charge in [0.25, 0.3) is 0 Å². The van der Waals surface area contributed by atoms with Crippen LogP contribution < -0.4 is 5.32 Å². The Morgan fingerprint density at radius 3 is 2.35 bits per heavy atom. The number of alkyl halides is 3. The van der Waals surface area contributed by atoms with Crippen LogP contribution in [0.5, 0.6) is 0 Å². The first-order valence-corrected chi connectivity index (χ1v) is 11.2. The molecule has 1 fully saturated rings. The molecule has 1 aromatic carbocycles. The van der Waals surface area contributed by atoms with Crippen LogP contribution in [0.15, 0.2) is 39.8 Å². The van der Waals surface area contributed by atoms with Gasteiger partial charge in [-0.1, -0.05) is 32.0 Å². The second-order valence-corrected chi connectivity index (χ2v) is 10.5. The maximum atomic E-state index is 12.9. The number of amides is 1. The summed E-state index contributed by atoms with van der Waals surface area (Å²) in [5, 5.41) is 6.51. The Labute approximate surface area is 178 Å². The van der Waals surface area contributed by atoms with Crippen LogP contribution in [0.2, 0.25) is 0 Å². The fraction of sp³-hybridized carbons (Fsp3) is 0.500. The van der Waals surface area contributed by atoms with Crippen molar-refractivity contribution in [3.8, 4) is 0 Å². The fourth-order valence-electron chi connectivity index (χ4n) is 3.26. The zero-order chi connectivity index (χ0) is 23.0. The van der Waals surface area contributed by atoms with E-state index >= 15 is 0 Å². The number of piperidine rings is 1. The molecule has 1 amide bonds. The average molecular weight is 459 g/mol. The number of carbonyl (C=O) groups is 1. The number of carbonyl (C=O) groups excluding carboxylic acids is 1. The molecule has 3 rings (SSSR count). The van der Waals surface area contributed by atoms with Gasteiger partial charge in [-0.05, 0) is 31.0 Å². The third kappa shape index (κ3) is 5.27. The summed E-state index contributed by atoms with van der Waals surface area (Å²) in [5.41, 5.74) is -1.29. The molecular weight excluding hydrogens is 435 g/mol. The van der Waals surface area contributed by atoms with Gasteiger partial charge in [0.05, 0.1) is 10.5 Å². The molecule has 0 bridgehead atoms. The summed E-state index contributed by atoms with van der Waals surface area (Å²) in [6, 6.07) is 5.31. The molecule has 1 aliphatic rings. The lowest BCUT2D eigenvalue weighted by Gasteiger charge is -2.30. The fourth-order valence-corrected chi connectivity index (χ4v) is 4.77. The first kappa shape index (κ1) is 23.3. The largest absolute Gasteiger partial charge is 0.416 e. The molecular formula is C20H24F3N3O4S. The summed E-state index contributed by atoms with van der Waals surface area (Å²) >= 11 is 0. The van der Waals surface area contributed by atoms with E-state index in [0.717, 1.165) is 22.5 Å². The molecule has 1 saturated heterocycles. The van der Waals surface area contributed by atoms with Crippen molar-refractivity contribution in [3.05, 3.63) is 41.7 Å². The molecule has 0 aliphatic carbocycles. The number of nitrogens with zero attached hydrogens (tertiary/aromatic N) is 2. The predicted molar refractivity (Wildman–Crippen MR) is 107 cm³/mol. The van der Waals surface area contributed by atoms with Crippen LogP contribution in [0.4, 0.5) is 19.0 Å². The number of sulfonamides is 1. The standard InChI is InChI=1S/C20H24F3N3O4S/c1-19(2,3)16-12-17(25-30-16)24-18(27)13-7-9-26(10-8-13)31(28,29)15-6-4-5-14(11-15)20(21,22)23/h4-6,11-13H,7-10H2,1-3H3,(H,24,25,27). The molecule has 1 aliphatic heterocycles. The lowest BCUT2D eigenvalue weighted by Crippen LogP contribution is -2.41. The Morgan fingerprint density at radius 2 is 1.81 bits per heavy atom. The second kappa shape index (κ2) is 8.27. The number of halogens is 3. The van der Waals surface area contributed by atoms with Crippen molar-refractivity contribution in [1.82, 2.24) is 9.46 Å². The van der Waals surface area contributed by atoms with Crippen LogP contribution >= 0.6 is 0 Å². The number of benzene rings is 1. The van der Waals surface area contributed by atoms with Gasteiger partial charge in [-0.15, -0.1) is 0 Å². The Morgan fingerprint density at radius 1 is 1.16 bits per heavy atom. The number of aromatic nitrogens is 1. The number of rotatable bonds is 4. The predicted octanol–water partition coefficient (Wildman–Crippen LogP) is 4.03. The Balaban J connectivity index is 1.63. The first-order chi connectivity index (χ1) is 14.3. The molecule has 11 heteroatoms. The van der Waals surface area contributed by atoms with E-state index in [-0.39, 0.29) is 43.1 Å². The van der Waals surface area contributed by atoms with Crippen molar-refractivity contribution < 1.29 is 30.9 Å². The van der Waals surface area contributed by atoms with Gasteiger partial charge < -0.3 is 9.84 Å². The minimum absolute atomic E-state index is 0.0305. The third-order valence-corrected chi connectivity index (χ3v) is 7.02. The van der Waals surface area contributed by atoms with Gasteiger partial charge >= 0.3 is 6.18 Å². The van der Waals surface area contributed by atoms with Crippen LogP contribution in [-0.4, -0.2) is 36.9 Å². The lowest BCUT2D eigenvalue weighted by atomic mass is 9.93.